The lowest BCUT2D eigenvalue weighted by atomic mass is 10.3. The van der Waals surface area contributed by atoms with Crippen molar-refractivity contribution >= 4 is 27.2 Å². The van der Waals surface area contributed by atoms with Crippen LogP contribution in [0.3, 0.4) is 0 Å². The maximum atomic E-state index is 12.0. The first-order valence-corrected chi connectivity index (χ1v) is 6.39. The number of rotatable bonds is 4. The van der Waals surface area contributed by atoms with Crippen molar-refractivity contribution in [1.82, 2.24) is 9.29 Å². The Balaban J connectivity index is 3.09. The van der Waals surface area contributed by atoms with Crippen LogP contribution in [0.5, 0.6) is 0 Å². The number of pyridine rings is 1. The monoisotopic (exact) mass is 259 g/mol. The highest BCUT2D eigenvalue weighted by molar-refractivity contribution is 7.89. The highest BCUT2D eigenvalue weighted by atomic mass is 32.2. The van der Waals surface area contributed by atoms with Gasteiger partial charge in [-0.05, 0) is 19.1 Å². The molecule has 88 valence electrons. The van der Waals surface area contributed by atoms with Crippen LogP contribution in [0.4, 0.5) is 0 Å². The molecule has 0 saturated carbocycles. The van der Waals surface area contributed by atoms with Gasteiger partial charge in [0.15, 0.2) is 0 Å². The zero-order valence-corrected chi connectivity index (χ0v) is 10.6. The van der Waals surface area contributed by atoms with Crippen LogP contribution >= 0.6 is 12.2 Å². The number of nitrogens with zero attached hydrogens (tertiary/aromatic N) is 2. The number of thiocarbonyl (C=S) groups is 1. The second-order valence-electron chi connectivity index (χ2n) is 3.29. The summed E-state index contributed by atoms with van der Waals surface area (Å²) in [5.41, 5.74) is 5.42. The summed E-state index contributed by atoms with van der Waals surface area (Å²) in [6, 6.07) is 2.51. The third kappa shape index (κ3) is 2.55. The van der Waals surface area contributed by atoms with E-state index in [1.54, 1.807) is 13.0 Å². The Kier molecular flexibility index (Phi) is 3.95. The zero-order valence-electron chi connectivity index (χ0n) is 8.99. The quantitative estimate of drug-likeness (QED) is 0.791. The van der Waals surface area contributed by atoms with Crippen LogP contribution in [0, 0.1) is 0 Å². The van der Waals surface area contributed by atoms with Crippen molar-refractivity contribution in [3.8, 4) is 0 Å². The molecule has 1 rings (SSSR count). The number of hydrogen-bond donors (Lipinski definition) is 1. The Hall–Kier alpha value is -1.05. The van der Waals surface area contributed by atoms with Gasteiger partial charge in [-0.1, -0.05) is 12.2 Å². The molecule has 0 aromatic carbocycles. The molecule has 7 heteroatoms. The van der Waals surface area contributed by atoms with Crippen molar-refractivity contribution in [2.45, 2.75) is 17.9 Å². The molecule has 0 amide bonds. The summed E-state index contributed by atoms with van der Waals surface area (Å²) in [5, 5.41) is 0. The van der Waals surface area contributed by atoms with Gasteiger partial charge in [-0.25, -0.2) is 8.42 Å². The third-order valence-corrected chi connectivity index (χ3v) is 4.52. The second kappa shape index (κ2) is 4.86. The van der Waals surface area contributed by atoms with Crippen LogP contribution in [0.1, 0.15) is 6.92 Å². The van der Waals surface area contributed by atoms with Gasteiger partial charge in [0.2, 0.25) is 10.0 Å². The number of aromatic nitrogens is 1. The number of nitrogens with two attached hydrogens (primary N) is 1. The smallest absolute Gasteiger partial charge is 0.244 e. The van der Waals surface area contributed by atoms with E-state index in [1.807, 2.05) is 0 Å². The predicted octanol–water partition coefficient (Wildman–Crippen LogP) is 0.377. The van der Waals surface area contributed by atoms with Gasteiger partial charge in [0, 0.05) is 19.4 Å². The van der Waals surface area contributed by atoms with Crippen molar-refractivity contribution in [2.24, 2.45) is 5.73 Å². The molecule has 0 aliphatic carbocycles. The summed E-state index contributed by atoms with van der Waals surface area (Å²) >= 11 is 4.77. The van der Waals surface area contributed by atoms with Crippen LogP contribution in [0.25, 0.3) is 0 Å². The van der Waals surface area contributed by atoms with Gasteiger partial charge in [-0.2, -0.15) is 4.31 Å². The van der Waals surface area contributed by atoms with Crippen molar-refractivity contribution in [2.75, 3.05) is 7.05 Å². The largest absolute Gasteiger partial charge is 0.392 e. The predicted molar refractivity (Wildman–Crippen MR) is 65.4 cm³/mol. The third-order valence-electron chi connectivity index (χ3n) is 2.27. The molecule has 5 nitrogen and oxygen atoms in total. The average Bonchev–Trinajstić information content (AvgIpc) is 2.28. The van der Waals surface area contributed by atoms with Gasteiger partial charge in [0.05, 0.1) is 11.0 Å². The zero-order chi connectivity index (χ0) is 12.3. The first kappa shape index (κ1) is 13.0. The van der Waals surface area contributed by atoms with Crippen molar-refractivity contribution < 1.29 is 8.42 Å². The lowest BCUT2D eigenvalue weighted by Crippen LogP contribution is -2.42. The highest BCUT2D eigenvalue weighted by Crippen LogP contribution is 2.14. The molecule has 1 heterocycles. The van der Waals surface area contributed by atoms with E-state index in [2.05, 4.69) is 4.98 Å². The minimum Gasteiger partial charge on any atom is -0.392 e. The molecule has 0 bridgehead atoms. The van der Waals surface area contributed by atoms with Gasteiger partial charge in [0.25, 0.3) is 0 Å². The lowest BCUT2D eigenvalue weighted by molar-refractivity contribution is 0.451. The Morgan fingerprint density at radius 2 is 2.25 bits per heavy atom. The number of hydrogen-bond acceptors (Lipinski definition) is 4. The molecule has 16 heavy (non-hydrogen) atoms. The molecule has 0 fully saturated rings. The molecule has 1 unspecified atom stereocenters. The number of sulfonamides is 1. The van der Waals surface area contributed by atoms with Gasteiger partial charge in [-0.3, -0.25) is 4.98 Å². The molecule has 1 aromatic heterocycles. The standard InChI is InChI=1S/C9H13N3O2S2/c1-7(9(10)15)12(2)16(13,14)8-4-3-5-11-6-8/h3-7H,1-2H3,(H2,10,15). The SMILES string of the molecule is CC(C(N)=S)N(C)S(=O)(=O)c1cccnc1. The molecule has 0 spiro atoms. The van der Waals surface area contributed by atoms with E-state index >= 15 is 0 Å². The molecule has 0 aliphatic rings. The van der Waals surface area contributed by atoms with Gasteiger partial charge in [-0.15, -0.1) is 0 Å². The van der Waals surface area contributed by atoms with E-state index in [-0.39, 0.29) is 9.88 Å². The van der Waals surface area contributed by atoms with Crippen LogP contribution < -0.4 is 5.73 Å². The highest BCUT2D eigenvalue weighted by Gasteiger charge is 2.26. The fraction of sp³-hybridized carbons (Fsp3) is 0.333. The molecule has 1 atom stereocenters. The summed E-state index contributed by atoms with van der Waals surface area (Å²) < 4.78 is 25.2. The molecule has 2 N–H and O–H groups in total. The summed E-state index contributed by atoms with van der Waals surface area (Å²) in [4.78, 5) is 4.03. The van der Waals surface area contributed by atoms with E-state index in [9.17, 15) is 8.42 Å². The summed E-state index contributed by atoms with van der Waals surface area (Å²) in [5.74, 6) is 0. The number of likely N-dealkylation sites (N-methyl/N-ethyl adjacent to an activating group) is 1. The second-order valence-corrected chi connectivity index (χ2v) is 5.76. The topological polar surface area (TPSA) is 76.3 Å². The van der Waals surface area contributed by atoms with Crippen molar-refractivity contribution in [3.05, 3.63) is 24.5 Å². The summed E-state index contributed by atoms with van der Waals surface area (Å²) in [6.45, 7) is 1.64. The fourth-order valence-electron chi connectivity index (χ4n) is 1.05. The van der Waals surface area contributed by atoms with E-state index in [0.717, 1.165) is 4.31 Å². The molecular weight excluding hydrogens is 246 g/mol. The van der Waals surface area contributed by atoms with Gasteiger partial charge in [0.1, 0.15) is 4.90 Å². The first-order valence-electron chi connectivity index (χ1n) is 4.54. The Bertz CT molecular complexity index is 473. The maximum absolute atomic E-state index is 12.0. The summed E-state index contributed by atoms with van der Waals surface area (Å²) in [6.07, 6.45) is 2.80. The van der Waals surface area contributed by atoms with E-state index in [0.29, 0.717) is 0 Å². The fourth-order valence-corrected chi connectivity index (χ4v) is 2.59. The first-order chi connectivity index (χ1) is 7.37. The van der Waals surface area contributed by atoms with Crippen molar-refractivity contribution in [1.29, 1.82) is 0 Å². The Labute approximate surface area is 100 Å². The normalized spacial score (nSPS) is 13.7. The van der Waals surface area contributed by atoms with Crippen molar-refractivity contribution in [3.63, 3.8) is 0 Å². The molecule has 0 radical (unpaired) electrons. The maximum Gasteiger partial charge on any atom is 0.244 e. The van der Waals surface area contributed by atoms with Gasteiger partial charge < -0.3 is 5.73 Å². The molecule has 0 aliphatic heterocycles. The van der Waals surface area contributed by atoms with E-state index < -0.39 is 16.1 Å². The van der Waals surface area contributed by atoms with Crippen LogP contribution in [-0.4, -0.2) is 35.8 Å². The van der Waals surface area contributed by atoms with Crippen LogP contribution in [-0.2, 0) is 10.0 Å². The minimum atomic E-state index is -3.58. The van der Waals surface area contributed by atoms with Crippen LogP contribution in [0.15, 0.2) is 29.4 Å². The average molecular weight is 259 g/mol. The minimum absolute atomic E-state index is 0.126. The Morgan fingerprint density at radius 1 is 1.62 bits per heavy atom. The molecular formula is C9H13N3O2S2. The summed E-state index contributed by atoms with van der Waals surface area (Å²) in [7, 11) is -2.14. The van der Waals surface area contributed by atoms with Crippen LogP contribution in [0.2, 0.25) is 0 Å². The Morgan fingerprint density at radius 3 is 2.69 bits per heavy atom. The van der Waals surface area contributed by atoms with Gasteiger partial charge >= 0.3 is 0 Å². The van der Waals surface area contributed by atoms with E-state index in [4.69, 9.17) is 18.0 Å². The lowest BCUT2D eigenvalue weighted by Gasteiger charge is -2.22. The molecule has 1 aromatic rings. The van der Waals surface area contributed by atoms with E-state index in [1.165, 1.54) is 25.5 Å². The molecule has 0 saturated heterocycles.